The molecule has 0 aliphatic carbocycles. The van der Waals surface area contributed by atoms with Gasteiger partial charge in [0.2, 0.25) is 5.88 Å². The maximum absolute atomic E-state index is 13.0. The fourth-order valence-corrected chi connectivity index (χ4v) is 17.0. The third-order valence-electron chi connectivity index (χ3n) is 25.6. The van der Waals surface area contributed by atoms with Crippen molar-refractivity contribution in [3.63, 3.8) is 0 Å². The number of carbonyl (C=O) groups is 5. The van der Waals surface area contributed by atoms with Crippen LogP contribution in [0.1, 0.15) is 260 Å². The van der Waals surface area contributed by atoms with E-state index in [0.717, 1.165) is 154 Å². The number of benzene rings is 6. The van der Waals surface area contributed by atoms with Gasteiger partial charge in [0.25, 0.3) is 5.91 Å². The fraction of sp³-hybridized carbons (Fsp3) is 0.559. The molecule has 786 valence electrons. The molecule has 3 aliphatic rings. The third kappa shape index (κ3) is 48.9. The van der Waals surface area contributed by atoms with Gasteiger partial charge < -0.3 is 80.3 Å². The van der Waals surface area contributed by atoms with Crippen molar-refractivity contribution < 1.29 is 76.8 Å². The zero-order valence-corrected chi connectivity index (χ0v) is 89.8. The van der Waals surface area contributed by atoms with Gasteiger partial charge in [0.15, 0.2) is 0 Å². The van der Waals surface area contributed by atoms with Crippen LogP contribution >= 0.6 is 0 Å². The number of esters is 1. The number of nitrogens with one attached hydrogen (secondary N) is 3. The van der Waals surface area contributed by atoms with E-state index in [2.05, 4.69) is 243 Å². The van der Waals surface area contributed by atoms with Gasteiger partial charge in [-0.15, -0.1) is 6.58 Å². The van der Waals surface area contributed by atoms with E-state index in [1.54, 1.807) is 20.4 Å². The minimum atomic E-state index is -0.981. The number of carbonyl (C=O) groups excluding carboxylic acids is 3. The monoisotopic (exact) mass is 1960 g/mol. The van der Waals surface area contributed by atoms with Gasteiger partial charge in [0.1, 0.15) is 42.3 Å². The van der Waals surface area contributed by atoms with Gasteiger partial charge in [0.05, 0.1) is 83.9 Å². The van der Waals surface area contributed by atoms with Gasteiger partial charge in [-0.05, 0) is 271 Å². The summed E-state index contributed by atoms with van der Waals surface area (Å²) in [5.74, 6) is 4.56. The molecule has 24 heteroatoms. The minimum absolute atomic E-state index is 0.0129. The number of Topliss-reactive ketones (excluding diaryl/α,β-unsaturated/α-hetero) is 1. The molecule has 3 fully saturated rings. The number of rotatable bonds is 56. The number of nitrogens with zero attached hydrogens (tertiary/aromatic N) is 3. The van der Waals surface area contributed by atoms with E-state index in [4.69, 9.17) is 64.3 Å². The van der Waals surface area contributed by atoms with Crippen LogP contribution < -0.4 is 46.4 Å². The first-order chi connectivity index (χ1) is 68.0. The first-order valence-corrected chi connectivity index (χ1v) is 51.9. The van der Waals surface area contributed by atoms with Crippen LogP contribution in [0, 0.1) is 61.2 Å². The lowest BCUT2D eigenvalue weighted by atomic mass is 9.75. The SMILES string of the molecule is C=CCN1CCC[C@@]1(C)CNC(=O)c1cc(CCCC(C)C)cc(C)c1OC.CC(=O)[C@@H](N)C[C@H](CCCC(C)C)C(=O)O.CC(C)COc1ccc(C[C@H](N)C(=O)O)cc1.CNc1ccc(/C=C/c2ccc(OCCOCCOCCC(C)C)cc2)cc1.CNc1ccc(/C=C/c2ccc(OCCOCCOCCC(C)C)nc2)cc1.COC(=O)C1C(c2ccc(C)cc2)CC2CCC1N2CCCC(C)C. The molecule has 10 rings (SSSR count). The molecular weight excluding hydrogens is 1790 g/mol. The van der Waals surface area contributed by atoms with Crippen molar-refractivity contribution in [2.45, 2.75) is 256 Å². The van der Waals surface area contributed by atoms with Gasteiger partial charge in [-0.25, -0.2) is 4.98 Å². The summed E-state index contributed by atoms with van der Waals surface area (Å²) in [5, 5.41) is 27.1. The Morgan fingerprint density at radius 2 is 1.06 bits per heavy atom. The molecule has 6 aromatic carbocycles. The number of aromatic nitrogens is 1. The zero-order chi connectivity index (χ0) is 104. The quantitative estimate of drug-likeness (QED) is 0.00806. The second-order valence-electron chi connectivity index (χ2n) is 40.4. The molecule has 24 nitrogen and oxygen atoms in total. The van der Waals surface area contributed by atoms with Crippen LogP contribution in [0.5, 0.6) is 23.1 Å². The van der Waals surface area contributed by atoms with Crippen molar-refractivity contribution >= 4 is 65.3 Å². The van der Waals surface area contributed by atoms with E-state index < -0.39 is 29.9 Å². The molecule has 0 radical (unpaired) electrons. The number of hydrogen-bond donors (Lipinski definition) is 7. The number of carboxylic acids is 2. The molecule has 4 heterocycles. The van der Waals surface area contributed by atoms with Gasteiger partial charge in [-0.3, -0.25) is 33.8 Å². The van der Waals surface area contributed by atoms with Gasteiger partial charge >= 0.3 is 17.9 Å². The van der Waals surface area contributed by atoms with Crippen LogP contribution in [0.2, 0.25) is 0 Å². The molecular formula is C118H178N8O16. The molecule has 4 unspecified atom stereocenters. The van der Waals surface area contributed by atoms with Crippen molar-refractivity contribution in [2.75, 3.05) is 138 Å². The van der Waals surface area contributed by atoms with E-state index in [9.17, 15) is 24.0 Å². The molecule has 0 saturated carbocycles. The lowest BCUT2D eigenvalue weighted by Gasteiger charge is -2.43. The van der Waals surface area contributed by atoms with E-state index in [1.165, 1.54) is 54.9 Å². The number of aryl methyl sites for hydroxylation is 3. The Hall–Kier alpha value is -10.3. The Balaban J connectivity index is 0.000000304. The number of carboxylic acid groups (broad SMARTS) is 2. The highest BCUT2D eigenvalue weighted by atomic mass is 16.6. The summed E-state index contributed by atoms with van der Waals surface area (Å²) in [6.45, 7) is 48.4. The highest BCUT2D eigenvalue weighted by Gasteiger charge is 2.51. The molecule has 142 heavy (non-hydrogen) atoms. The van der Waals surface area contributed by atoms with Crippen molar-refractivity contribution in [1.29, 1.82) is 0 Å². The molecule has 2 bridgehead atoms. The van der Waals surface area contributed by atoms with E-state index in [-0.39, 0.29) is 35.5 Å². The standard InChI is InChI=1S/C24H38N2O2.C24H33NO3.C23H32N2O3.C22H33NO2.C13H19NO3.C12H23NO3/c1-7-13-26-14-9-12-24(26,5)17-25-23(27)21-16-20(11-8-10-18(2)3)15-19(4)22(21)28-6;1-20(2)14-15-26-16-17-27-18-19-28-24-12-8-22(9-13-24)5-4-21-6-10-23(25-3)11-7-21;1-19(2)12-13-26-14-15-27-16-17-28-23-11-8-21(18-25-23)5-4-20-6-9-22(24-3)10-7-20;1-15(2)6-5-13-23-18-11-12-20(23)21(22(24)25-4)19(14-18)17-9-7-16(3)8-10-17;1-9(2)8-17-11-5-3-10(4-6-11)7-12(14)13(15)16;1-8(2)5-4-6-10(12(15)16)7-11(13)9(3)14/h7,15-16,18H,1,8-14,17H2,2-6H3,(H,25,27);4-13,20,25H,14-19H2,1-3H3;4-11,18-19,24H,12-17H2,1-3H3;7-10,15,18-21H,5-6,11-14H2,1-4H3;3-6,9,12H,7-8,14H2,1-2H3,(H,15,16);8,10-11H,4-7,13H2,1-3H3,(H,15,16)/b;2*5-4+;;;/t24-;;;;12-;10-,11-/m0...00/s1. The summed E-state index contributed by atoms with van der Waals surface area (Å²) in [7, 11) is 7.01. The van der Waals surface area contributed by atoms with E-state index in [0.29, 0.717) is 144 Å². The van der Waals surface area contributed by atoms with Crippen LogP contribution in [0.3, 0.4) is 0 Å². The second-order valence-corrected chi connectivity index (χ2v) is 40.4. The van der Waals surface area contributed by atoms with Crippen LogP contribution in [0.4, 0.5) is 11.4 Å². The molecule has 7 aromatic rings. The van der Waals surface area contributed by atoms with Crippen LogP contribution in [-0.4, -0.2) is 211 Å². The van der Waals surface area contributed by atoms with Crippen molar-refractivity contribution in [3.05, 3.63) is 220 Å². The van der Waals surface area contributed by atoms with E-state index in [1.807, 2.05) is 87.8 Å². The normalized spacial score (nSPS) is 16.6. The average molecular weight is 1960 g/mol. The number of anilines is 2. The fourth-order valence-electron chi connectivity index (χ4n) is 17.0. The van der Waals surface area contributed by atoms with Gasteiger partial charge in [0, 0.05) is 87.6 Å². The summed E-state index contributed by atoms with van der Waals surface area (Å²) < 4.78 is 49.7. The lowest BCUT2D eigenvalue weighted by molar-refractivity contribution is -0.150. The lowest BCUT2D eigenvalue weighted by Crippen LogP contribution is -2.51. The minimum Gasteiger partial charge on any atom is -0.496 e. The van der Waals surface area contributed by atoms with Gasteiger partial charge in [-0.2, -0.15) is 0 Å². The summed E-state index contributed by atoms with van der Waals surface area (Å²) in [4.78, 5) is 67.6. The number of fused-ring (bicyclic) bond motifs is 2. The van der Waals surface area contributed by atoms with Crippen molar-refractivity contribution in [2.24, 2.45) is 58.8 Å². The molecule has 3 aliphatic heterocycles. The summed E-state index contributed by atoms with van der Waals surface area (Å²) >= 11 is 0. The summed E-state index contributed by atoms with van der Waals surface area (Å²) in [6.07, 6.45) is 28.8. The number of nitrogens with two attached hydrogens (primary N) is 2. The van der Waals surface area contributed by atoms with E-state index >= 15 is 0 Å². The third-order valence-corrected chi connectivity index (χ3v) is 25.6. The number of piperidine rings is 1. The number of ketones is 1. The number of hydrogen-bond acceptors (Lipinski definition) is 21. The maximum atomic E-state index is 13.0. The molecule has 1 amide bonds. The smallest absolute Gasteiger partial charge is 0.320 e. The number of ether oxygens (including phenoxy) is 9. The first kappa shape index (κ1) is 122. The Bertz CT molecular complexity index is 4600. The molecule has 1 aromatic heterocycles. The number of pyridine rings is 1. The summed E-state index contributed by atoms with van der Waals surface area (Å²) in [5.41, 5.74) is 24.1. The maximum Gasteiger partial charge on any atom is 0.320 e. The molecule has 0 spiro atoms. The first-order valence-electron chi connectivity index (χ1n) is 51.9. The highest BCUT2D eigenvalue weighted by molar-refractivity contribution is 5.97. The molecule has 3 saturated heterocycles. The van der Waals surface area contributed by atoms with Crippen LogP contribution in [0.15, 0.2) is 164 Å². The number of aliphatic carboxylic acids is 2. The number of likely N-dealkylation sites (tertiary alicyclic amines) is 1. The van der Waals surface area contributed by atoms with Crippen LogP contribution in [0.25, 0.3) is 24.3 Å². The second kappa shape index (κ2) is 68.9. The number of amides is 1. The predicted octanol–water partition coefficient (Wildman–Crippen LogP) is 22.9. The largest absolute Gasteiger partial charge is 0.496 e. The van der Waals surface area contributed by atoms with Crippen molar-refractivity contribution in [3.8, 4) is 23.1 Å². The van der Waals surface area contributed by atoms with Crippen molar-refractivity contribution in [1.82, 2.24) is 20.1 Å². The van der Waals surface area contributed by atoms with Crippen LogP contribution in [-0.2, 0) is 55.7 Å². The predicted molar refractivity (Wildman–Crippen MR) is 582 cm³/mol. The topological polar surface area (TPSA) is 316 Å². The zero-order valence-electron chi connectivity index (χ0n) is 89.8. The Morgan fingerprint density at radius 3 is 1.56 bits per heavy atom. The Labute approximate surface area is 852 Å². The highest BCUT2D eigenvalue weighted by Crippen LogP contribution is 2.48. The summed E-state index contributed by atoms with van der Waals surface area (Å²) in [6, 6.07) is 48.3. The Kier molecular flexibility index (Phi) is 59.3. The average Bonchev–Trinajstić information content (AvgIpc) is 1.58. The Morgan fingerprint density at radius 1 is 0.556 bits per heavy atom. The molecule has 8 atom stereocenters. The molecule has 9 N–H and O–H groups in total. The number of methoxy groups -OCH3 is 2. The van der Waals surface area contributed by atoms with Gasteiger partial charge in [-0.1, -0.05) is 217 Å².